The van der Waals surface area contributed by atoms with Gasteiger partial charge in [0.2, 0.25) is 0 Å². The van der Waals surface area contributed by atoms with Crippen LogP contribution in [0.15, 0.2) is 24.3 Å². The van der Waals surface area contributed by atoms with Gasteiger partial charge in [0, 0.05) is 17.1 Å². The standard InChI is InChI=1S/C19H27ClN2O4/c1-12(2)9-16(19(25)26-11-17(23)21-10-13(3)4)22-18(24)14-5-7-15(20)8-6-14/h5-8,12-13,16H,9-11H2,1-4H3,(H,21,23)(H,22,24)/t16-/m1/s1. The molecule has 26 heavy (non-hydrogen) atoms. The summed E-state index contributed by atoms with van der Waals surface area (Å²) in [5.74, 6) is -0.913. The number of carbonyl (C=O) groups is 3. The van der Waals surface area contributed by atoms with E-state index in [0.717, 1.165) is 0 Å². The van der Waals surface area contributed by atoms with Crippen LogP contribution in [-0.2, 0) is 14.3 Å². The summed E-state index contributed by atoms with van der Waals surface area (Å²) in [6.45, 7) is 7.96. The Kier molecular flexibility index (Phi) is 9.13. The van der Waals surface area contributed by atoms with Crippen molar-refractivity contribution in [3.63, 3.8) is 0 Å². The van der Waals surface area contributed by atoms with E-state index in [2.05, 4.69) is 10.6 Å². The van der Waals surface area contributed by atoms with Gasteiger partial charge in [-0.1, -0.05) is 39.3 Å². The lowest BCUT2D eigenvalue weighted by atomic mass is 10.0. The highest BCUT2D eigenvalue weighted by atomic mass is 35.5. The zero-order valence-electron chi connectivity index (χ0n) is 15.7. The maximum absolute atomic E-state index is 12.3. The van der Waals surface area contributed by atoms with Gasteiger partial charge in [-0.15, -0.1) is 0 Å². The molecular formula is C19H27ClN2O4. The van der Waals surface area contributed by atoms with Gasteiger partial charge in [-0.25, -0.2) is 4.79 Å². The molecule has 0 saturated heterocycles. The maximum atomic E-state index is 12.3. The third-order valence-corrected chi connectivity index (χ3v) is 3.71. The molecule has 1 atom stereocenters. The Bertz CT molecular complexity index is 614. The zero-order valence-corrected chi connectivity index (χ0v) is 16.4. The minimum Gasteiger partial charge on any atom is -0.454 e. The van der Waals surface area contributed by atoms with Gasteiger partial charge in [0.1, 0.15) is 6.04 Å². The SMILES string of the molecule is CC(C)CNC(=O)COC(=O)[C@@H](CC(C)C)NC(=O)c1ccc(Cl)cc1. The average Bonchev–Trinajstić information content (AvgIpc) is 2.57. The Hall–Kier alpha value is -2.08. The molecule has 0 aromatic heterocycles. The Labute approximate surface area is 159 Å². The van der Waals surface area contributed by atoms with E-state index in [1.165, 1.54) is 0 Å². The van der Waals surface area contributed by atoms with Gasteiger partial charge in [-0.3, -0.25) is 9.59 Å². The summed E-state index contributed by atoms with van der Waals surface area (Å²) < 4.78 is 5.07. The molecule has 0 aliphatic rings. The topological polar surface area (TPSA) is 84.5 Å². The number of hydrogen-bond acceptors (Lipinski definition) is 4. The average molecular weight is 383 g/mol. The molecule has 2 amide bonds. The fourth-order valence-electron chi connectivity index (χ4n) is 2.13. The van der Waals surface area contributed by atoms with Crippen molar-refractivity contribution in [2.24, 2.45) is 11.8 Å². The summed E-state index contributed by atoms with van der Waals surface area (Å²) in [5, 5.41) is 5.86. The van der Waals surface area contributed by atoms with Crippen LogP contribution >= 0.6 is 11.6 Å². The first-order valence-corrected chi connectivity index (χ1v) is 9.06. The molecule has 0 heterocycles. The van der Waals surface area contributed by atoms with E-state index in [9.17, 15) is 14.4 Å². The second-order valence-electron chi connectivity index (χ2n) is 6.97. The molecule has 0 fully saturated rings. The maximum Gasteiger partial charge on any atom is 0.329 e. The second-order valence-corrected chi connectivity index (χ2v) is 7.40. The number of nitrogens with one attached hydrogen (secondary N) is 2. The fraction of sp³-hybridized carbons (Fsp3) is 0.526. The predicted octanol–water partition coefficient (Wildman–Crippen LogP) is 2.80. The lowest BCUT2D eigenvalue weighted by Crippen LogP contribution is -2.44. The molecule has 6 nitrogen and oxygen atoms in total. The number of amides is 2. The van der Waals surface area contributed by atoms with Crippen LogP contribution in [0.1, 0.15) is 44.5 Å². The molecule has 0 spiro atoms. The quantitative estimate of drug-likeness (QED) is 0.643. The molecular weight excluding hydrogens is 356 g/mol. The van der Waals surface area contributed by atoms with Gasteiger partial charge in [-0.05, 0) is 42.5 Å². The Morgan fingerprint density at radius 2 is 1.65 bits per heavy atom. The van der Waals surface area contributed by atoms with Gasteiger partial charge < -0.3 is 15.4 Å². The second kappa shape index (κ2) is 10.8. The Balaban J connectivity index is 2.64. The molecule has 144 valence electrons. The van der Waals surface area contributed by atoms with Crippen molar-refractivity contribution in [1.29, 1.82) is 0 Å². The number of hydrogen-bond donors (Lipinski definition) is 2. The molecule has 1 aromatic carbocycles. The van der Waals surface area contributed by atoms with Crippen LogP contribution in [0.3, 0.4) is 0 Å². The van der Waals surface area contributed by atoms with Crippen molar-refractivity contribution >= 4 is 29.4 Å². The Morgan fingerprint density at radius 1 is 1.04 bits per heavy atom. The molecule has 0 aliphatic heterocycles. The van der Waals surface area contributed by atoms with Gasteiger partial charge >= 0.3 is 5.97 Å². The van der Waals surface area contributed by atoms with Crippen molar-refractivity contribution in [3.05, 3.63) is 34.9 Å². The summed E-state index contributed by atoms with van der Waals surface area (Å²) in [7, 11) is 0. The molecule has 1 aromatic rings. The van der Waals surface area contributed by atoms with E-state index >= 15 is 0 Å². The smallest absolute Gasteiger partial charge is 0.329 e. The van der Waals surface area contributed by atoms with Crippen LogP contribution in [0, 0.1) is 11.8 Å². The van der Waals surface area contributed by atoms with Gasteiger partial charge in [0.15, 0.2) is 6.61 Å². The van der Waals surface area contributed by atoms with E-state index in [0.29, 0.717) is 29.5 Å². The first-order valence-electron chi connectivity index (χ1n) is 8.68. The van der Waals surface area contributed by atoms with Crippen LogP contribution in [-0.4, -0.2) is 37.0 Å². The van der Waals surface area contributed by atoms with Crippen molar-refractivity contribution in [2.75, 3.05) is 13.2 Å². The van der Waals surface area contributed by atoms with Gasteiger partial charge in [0.05, 0.1) is 0 Å². The molecule has 0 aliphatic carbocycles. The van der Waals surface area contributed by atoms with E-state index in [-0.39, 0.29) is 18.4 Å². The minimum atomic E-state index is -0.823. The highest BCUT2D eigenvalue weighted by Crippen LogP contribution is 2.11. The molecule has 7 heteroatoms. The fourth-order valence-corrected chi connectivity index (χ4v) is 2.26. The van der Waals surface area contributed by atoms with E-state index in [4.69, 9.17) is 16.3 Å². The summed E-state index contributed by atoms with van der Waals surface area (Å²) >= 11 is 5.81. The zero-order chi connectivity index (χ0) is 19.7. The largest absolute Gasteiger partial charge is 0.454 e. The first kappa shape index (κ1) is 22.0. The molecule has 0 radical (unpaired) electrons. The molecule has 0 saturated carbocycles. The number of esters is 1. The van der Waals surface area contributed by atoms with Crippen LogP contribution < -0.4 is 10.6 Å². The van der Waals surface area contributed by atoms with E-state index in [1.54, 1.807) is 24.3 Å². The number of benzene rings is 1. The number of ether oxygens (including phenoxy) is 1. The van der Waals surface area contributed by atoms with E-state index < -0.39 is 17.9 Å². The van der Waals surface area contributed by atoms with Crippen molar-refractivity contribution in [1.82, 2.24) is 10.6 Å². The molecule has 0 bridgehead atoms. The third kappa shape index (κ3) is 8.34. The lowest BCUT2D eigenvalue weighted by molar-refractivity contribution is -0.150. The van der Waals surface area contributed by atoms with E-state index in [1.807, 2.05) is 27.7 Å². The minimum absolute atomic E-state index is 0.160. The molecule has 0 unspecified atom stereocenters. The summed E-state index contributed by atoms with van der Waals surface area (Å²) in [4.78, 5) is 36.3. The summed E-state index contributed by atoms with van der Waals surface area (Å²) in [6.07, 6.45) is 0.409. The Morgan fingerprint density at radius 3 is 2.19 bits per heavy atom. The normalized spacial score (nSPS) is 12.0. The monoisotopic (exact) mass is 382 g/mol. The van der Waals surface area contributed by atoms with Crippen LogP contribution in [0.25, 0.3) is 0 Å². The van der Waals surface area contributed by atoms with Crippen LogP contribution in [0.5, 0.6) is 0 Å². The highest BCUT2D eigenvalue weighted by Gasteiger charge is 2.24. The van der Waals surface area contributed by atoms with Crippen molar-refractivity contribution in [2.45, 2.75) is 40.2 Å². The van der Waals surface area contributed by atoms with Crippen LogP contribution in [0.2, 0.25) is 5.02 Å². The number of halogens is 1. The summed E-state index contributed by atoms with van der Waals surface area (Å²) in [6, 6.07) is 5.54. The first-order chi connectivity index (χ1) is 12.2. The number of rotatable bonds is 9. The molecule has 1 rings (SSSR count). The molecule has 2 N–H and O–H groups in total. The predicted molar refractivity (Wildman–Crippen MR) is 101 cm³/mol. The van der Waals surface area contributed by atoms with Gasteiger partial charge in [-0.2, -0.15) is 0 Å². The van der Waals surface area contributed by atoms with Gasteiger partial charge in [0.25, 0.3) is 11.8 Å². The lowest BCUT2D eigenvalue weighted by Gasteiger charge is -2.19. The third-order valence-electron chi connectivity index (χ3n) is 3.46. The van der Waals surface area contributed by atoms with Crippen molar-refractivity contribution < 1.29 is 19.1 Å². The van der Waals surface area contributed by atoms with Crippen molar-refractivity contribution in [3.8, 4) is 0 Å². The van der Waals surface area contributed by atoms with Crippen LogP contribution in [0.4, 0.5) is 0 Å². The number of carbonyl (C=O) groups excluding carboxylic acids is 3. The highest BCUT2D eigenvalue weighted by molar-refractivity contribution is 6.30. The summed E-state index contributed by atoms with van der Waals surface area (Å²) in [5.41, 5.74) is 0.394.